The number of amides is 1. The van der Waals surface area contributed by atoms with Gasteiger partial charge in [-0.2, -0.15) is 17.6 Å². The summed E-state index contributed by atoms with van der Waals surface area (Å²) in [6.07, 6.45) is -3.39. The van der Waals surface area contributed by atoms with Gasteiger partial charge in [-0.25, -0.2) is 18.6 Å². The van der Waals surface area contributed by atoms with E-state index < -0.39 is 52.9 Å². The first-order chi connectivity index (χ1) is 17.4. The van der Waals surface area contributed by atoms with Gasteiger partial charge in [-0.1, -0.05) is 18.2 Å². The second-order valence-corrected chi connectivity index (χ2v) is 8.76. The first kappa shape index (κ1) is 26.2. The minimum Gasteiger partial charge on any atom is -0.417 e. The van der Waals surface area contributed by atoms with Crippen molar-refractivity contribution >= 4 is 28.6 Å². The van der Waals surface area contributed by atoms with Crippen LogP contribution in [0.4, 0.5) is 32.2 Å². The molecule has 12 heteroatoms. The van der Waals surface area contributed by atoms with Crippen molar-refractivity contribution in [1.29, 1.82) is 0 Å². The summed E-state index contributed by atoms with van der Waals surface area (Å²) in [5, 5.41) is 6.88. The first-order valence-corrected chi connectivity index (χ1v) is 11.3. The molecule has 2 aromatic carbocycles. The maximum atomic E-state index is 14.2. The number of anilines is 1. The number of carbonyl (C=O) groups is 2. The summed E-state index contributed by atoms with van der Waals surface area (Å²) in [7, 11) is 0. The number of hydrogen-bond acceptors (Lipinski definition) is 5. The van der Waals surface area contributed by atoms with E-state index in [2.05, 4.69) is 20.4 Å². The van der Waals surface area contributed by atoms with Gasteiger partial charge in [-0.3, -0.25) is 4.79 Å². The number of ether oxygens (including phenoxy) is 1. The molecule has 6 nitrogen and oxygen atoms in total. The third kappa shape index (κ3) is 5.78. The number of benzene rings is 2. The van der Waals surface area contributed by atoms with E-state index in [0.29, 0.717) is 31.5 Å². The van der Waals surface area contributed by atoms with Crippen molar-refractivity contribution < 1.29 is 40.7 Å². The summed E-state index contributed by atoms with van der Waals surface area (Å²) in [6, 6.07) is 9.47. The van der Waals surface area contributed by atoms with E-state index >= 15 is 0 Å². The second kappa shape index (κ2) is 10.3. The largest absolute Gasteiger partial charge is 0.491 e. The lowest BCUT2D eigenvalue weighted by Crippen LogP contribution is -2.40. The van der Waals surface area contributed by atoms with Gasteiger partial charge in [0.05, 0.1) is 11.1 Å². The van der Waals surface area contributed by atoms with Gasteiger partial charge in [0, 0.05) is 17.5 Å². The van der Waals surface area contributed by atoms with Crippen molar-refractivity contribution in [3.63, 3.8) is 0 Å². The predicted molar refractivity (Wildman–Crippen MR) is 122 cm³/mol. The minimum absolute atomic E-state index is 0.0367. The van der Waals surface area contributed by atoms with Crippen LogP contribution in [-0.2, 0) is 4.79 Å². The van der Waals surface area contributed by atoms with Crippen molar-refractivity contribution in [1.82, 2.24) is 10.3 Å². The molecule has 0 spiro atoms. The van der Waals surface area contributed by atoms with Crippen molar-refractivity contribution in [2.75, 3.05) is 5.32 Å². The molecule has 1 aliphatic rings. The van der Waals surface area contributed by atoms with Gasteiger partial charge in [-0.15, -0.1) is 0 Å². The normalized spacial score (nSPS) is 17.9. The molecule has 1 saturated carbocycles. The highest BCUT2D eigenvalue weighted by Gasteiger charge is 2.42. The lowest BCUT2D eigenvalue weighted by atomic mass is 9.91. The quantitative estimate of drug-likeness (QED) is 0.197. The van der Waals surface area contributed by atoms with E-state index in [0.717, 1.165) is 16.5 Å². The van der Waals surface area contributed by atoms with E-state index in [1.165, 1.54) is 0 Å². The Morgan fingerprint density at radius 3 is 2.27 bits per heavy atom. The van der Waals surface area contributed by atoms with Crippen LogP contribution in [0.2, 0.25) is 0 Å². The second-order valence-electron chi connectivity index (χ2n) is 8.76. The average molecular weight is 525 g/mol. The smallest absolute Gasteiger partial charge is 0.417 e. The van der Waals surface area contributed by atoms with Crippen LogP contribution in [0.25, 0.3) is 10.9 Å². The molecule has 1 amide bonds. The van der Waals surface area contributed by atoms with Crippen LogP contribution < -0.4 is 15.4 Å². The molecule has 0 saturated heterocycles. The van der Waals surface area contributed by atoms with Gasteiger partial charge in [-0.05, 0) is 56.4 Å². The van der Waals surface area contributed by atoms with Gasteiger partial charge in [0.15, 0.2) is 17.4 Å². The molecule has 196 valence electrons. The molecule has 0 unspecified atom stereocenters. The zero-order valence-corrected chi connectivity index (χ0v) is 19.4. The summed E-state index contributed by atoms with van der Waals surface area (Å²) >= 11 is 0. The molecule has 2 N–H and O–H groups in total. The molecule has 1 fully saturated rings. The fraction of sp³-hybridized carbons (Fsp3) is 0.320. The Hall–Kier alpha value is -3.83. The highest BCUT2D eigenvalue weighted by molar-refractivity contribution is 5.95. The third-order valence-electron chi connectivity index (χ3n) is 6.13. The number of aromatic nitrogens is 1. The molecule has 1 heterocycles. The summed E-state index contributed by atoms with van der Waals surface area (Å²) in [4.78, 5) is 28.1. The Morgan fingerprint density at radius 2 is 1.59 bits per heavy atom. The van der Waals surface area contributed by atoms with E-state index in [9.17, 15) is 35.9 Å². The molecule has 37 heavy (non-hydrogen) atoms. The number of nitrogens with one attached hydrogen (secondary N) is 2. The molecule has 3 aromatic rings. The zero-order chi connectivity index (χ0) is 26.9. The molecule has 0 radical (unpaired) electrons. The summed E-state index contributed by atoms with van der Waals surface area (Å²) < 4.78 is 83.0. The SMILES string of the molecule is Cc1cc(NC2CCC(NC(=O)c3cc(OC(=O)C(F)(F)F)c(F)c(F)c3F)CC2)nc2ccccc12. The average Bonchev–Trinajstić information content (AvgIpc) is 2.85. The van der Waals surface area contributed by atoms with Gasteiger partial charge < -0.3 is 15.4 Å². The summed E-state index contributed by atoms with van der Waals surface area (Å²) in [5.41, 5.74) is 0.822. The standard InChI is InChI=1S/C25H21F6N3O3/c1-12-10-19(34-17-5-3-2-4-15(12)17)32-13-6-8-14(9-7-13)33-23(35)16-11-18(21(27)22(28)20(16)26)37-24(36)25(29,30)31/h2-5,10-11,13-14H,6-9H2,1H3,(H,32,34)(H,33,35). The molecule has 1 aromatic heterocycles. The molecule has 0 atom stereocenters. The van der Waals surface area contributed by atoms with Gasteiger partial charge in [0.25, 0.3) is 5.91 Å². The van der Waals surface area contributed by atoms with Crippen molar-refractivity contribution in [2.24, 2.45) is 0 Å². The van der Waals surface area contributed by atoms with E-state index in [1.54, 1.807) is 0 Å². The van der Waals surface area contributed by atoms with Crippen molar-refractivity contribution in [2.45, 2.75) is 50.9 Å². The van der Waals surface area contributed by atoms with Crippen LogP contribution >= 0.6 is 0 Å². The van der Waals surface area contributed by atoms with Gasteiger partial charge in [0.1, 0.15) is 5.82 Å². The van der Waals surface area contributed by atoms with E-state index in [4.69, 9.17) is 0 Å². The van der Waals surface area contributed by atoms with Gasteiger partial charge in [0.2, 0.25) is 5.82 Å². The summed E-state index contributed by atoms with van der Waals surface area (Å²) in [6.45, 7) is 1.98. The third-order valence-corrected chi connectivity index (χ3v) is 6.13. The number of aryl methyl sites for hydroxylation is 1. The number of para-hydroxylation sites is 1. The fourth-order valence-electron chi connectivity index (χ4n) is 4.26. The fourth-order valence-corrected chi connectivity index (χ4v) is 4.26. The molecular weight excluding hydrogens is 504 g/mol. The number of fused-ring (bicyclic) bond motifs is 1. The summed E-state index contributed by atoms with van der Waals surface area (Å²) in [5.74, 6) is -11.2. The molecular formula is C25H21F6N3O3. The van der Waals surface area contributed by atoms with E-state index in [1.807, 2.05) is 37.3 Å². The zero-order valence-electron chi connectivity index (χ0n) is 19.4. The lowest BCUT2D eigenvalue weighted by molar-refractivity contribution is -0.189. The van der Waals surface area contributed by atoms with Crippen molar-refractivity contribution in [3.8, 4) is 5.75 Å². The number of rotatable bonds is 5. The number of hydrogen-bond donors (Lipinski definition) is 2. The van der Waals surface area contributed by atoms with Crippen molar-refractivity contribution in [3.05, 3.63) is 65.0 Å². The molecule has 0 bridgehead atoms. The highest BCUT2D eigenvalue weighted by Crippen LogP contribution is 2.29. The van der Waals surface area contributed by atoms with Crippen LogP contribution in [0.15, 0.2) is 36.4 Å². The molecule has 4 rings (SSSR count). The van der Waals surface area contributed by atoms with Crippen LogP contribution in [0, 0.1) is 24.4 Å². The van der Waals surface area contributed by atoms with E-state index in [-0.39, 0.29) is 12.1 Å². The Kier molecular flexibility index (Phi) is 7.28. The molecule has 1 aliphatic carbocycles. The number of esters is 1. The predicted octanol–water partition coefficient (Wildman–Crippen LogP) is 5.58. The lowest BCUT2D eigenvalue weighted by Gasteiger charge is -2.30. The Labute approximate surface area is 207 Å². The minimum atomic E-state index is -5.51. The first-order valence-electron chi connectivity index (χ1n) is 11.3. The number of carbonyl (C=O) groups excluding carboxylic acids is 2. The Bertz CT molecular complexity index is 1350. The monoisotopic (exact) mass is 525 g/mol. The number of pyridine rings is 1. The number of nitrogens with zero attached hydrogens (tertiary/aromatic N) is 1. The maximum Gasteiger partial charge on any atom is 0.491 e. The topological polar surface area (TPSA) is 80.3 Å². The maximum absolute atomic E-state index is 14.2. The van der Waals surface area contributed by atoms with Crippen LogP contribution in [0.1, 0.15) is 41.6 Å². The molecule has 0 aliphatic heterocycles. The van der Waals surface area contributed by atoms with Gasteiger partial charge >= 0.3 is 12.1 Å². The van der Waals surface area contributed by atoms with Crippen LogP contribution in [-0.4, -0.2) is 35.1 Å². The number of alkyl halides is 3. The Morgan fingerprint density at radius 1 is 0.946 bits per heavy atom. The van der Waals surface area contributed by atoms with Crippen LogP contribution in [0.3, 0.4) is 0 Å². The Balaban J connectivity index is 1.39. The highest BCUT2D eigenvalue weighted by atomic mass is 19.4. The van der Waals surface area contributed by atoms with Crippen LogP contribution in [0.5, 0.6) is 5.75 Å². The number of halogens is 6.